The van der Waals surface area contributed by atoms with Crippen LogP contribution in [-0.2, 0) is 21.0 Å². The summed E-state index contributed by atoms with van der Waals surface area (Å²) in [6.07, 6.45) is -4.64. The van der Waals surface area contributed by atoms with Gasteiger partial charge in [0.15, 0.2) is 0 Å². The summed E-state index contributed by atoms with van der Waals surface area (Å²) in [5, 5.41) is 12.3. The van der Waals surface area contributed by atoms with E-state index in [4.69, 9.17) is 4.74 Å². The van der Waals surface area contributed by atoms with Gasteiger partial charge in [-0.25, -0.2) is 8.42 Å². The van der Waals surface area contributed by atoms with Crippen molar-refractivity contribution in [1.29, 1.82) is 0 Å². The lowest BCUT2D eigenvalue weighted by atomic mass is 9.99. The van der Waals surface area contributed by atoms with Gasteiger partial charge in [0.2, 0.25) is 5.91 Å². The summed E-state index contributed by atoms with van der Waals surface area (Å²) in [4.78, 5) is 12.4. The lowest BCUT2D eigenvalue weighted by molar-refractivity contribution is -0.138. The third-order valence-electron chi connectivity index (χ3n) is 5.30. The van der Waals surface area contributed by atoms with Crippen molar-refractivity contribution in [3.63, 3.8) is 0 Å². The van der Waals surface area contributed by atoms with Gasteiger partial charge in [-0.1, -0.05) is 36.4 Å². The van der Waals surface area contributed by atoms with Crippen LogP contribution in [0.5, 0.6) is 5.75 Å². The van der Waals surface area contributed by atoms with Crippen molar-refractivity contribution in [3.8, 4) is 5.75 Å². The number of aryl methyl sites for hydroxylation is 1. The number of amides is 1. The number of ether oxygens (including phenoxy) is 1. The molecule has 3 aromatic rings. The maximum atomic E-state index is 13.2. The summed E-state index contributed by atoms with van der Waals surface area (Å²) in [6.45, 7) is 2.55. The number of anilines is 2. The van der Waals surface area contributed by atoms with E-state index in [0.717, 1.165) is 6.07 Å². The van der Waals surface area contributed by atoms with Crippen LogP contribution in [0.1, 0.15) is 29.5 Å². The molecule has 0 aromatic heterocycles. The van der Waals surface area contributed by atoms with Gasteiger partial charge in [0, 0.05) is 17.4 Å². The average Bonchev–Trinajstić information content (AvgIpc) is 2.81. The summed E-state index contributed by atoms with van der Waals surface area (Å²) in [5.41, 5.74) is -0.449. The number of aliphatic hydroxyl groups excluding tert-OH is 1. The van der Waals surface area contributed by atoms with E-state index >= 15 is 0 Å². The Morgan fingerprint density at radius 1 is 1.03 bits per heavy atom. The molecule has 0 heterocycles. The molecule has 0 bridgehead atoms. The quantitative estimate of drug-likeness (QED) is 0.370. The van der Waals surface area contributed by atoms with E-state index in [1.807, 2.05) is 0 Å². The molecule has 0 radical (unpaired) electrons. The molecule has 0 saturated heterocycles. The van der Waals surface area contributed by atoms with Crippen molar-refractivity contribution in [1.82, 2.24) is 0 Å². The predicted molar refractivity (Wildman–Crippen MR) is 129 cm³/mol. The van der Waals surface area contributed by atoms with Gasteiger partial charge in [-0.2, -0.15) is 13.2 Å². The molecular weight excluding hydrogens is 497 g/mol. The fraction of sp³-hybridized carbons (Fsp3) is 0.240. The van der Waals surface area contributed by atoms with Gasteiger partial charge in [0.25, 0.3) is 10.0 Å². The number of aliphatic hydroxyl groups is 1. The van der Waals surface area contributed by atoms with E-state index in [1.165, 1.54) is 37.3 Å². The van der Waals surface area contributed by atoms with Gasteiger partial charge in [-0.05, 0) is 49.2 Å². The summed E-state index contributed by atoms with van der Waals surface area (Å²) in [7, 11) is -4.35. The van der Waals surface area contributed by atoms with Crippen LogP contribution in [0, 0.1) is 6.92 Å². The SMILES string of the molecule is CCOc1cc(NC(=O)[C@@H](CO)c2ccccc2)ccc1S(=O)(=O)Nc1ccc(C)c(C(F)(F)F)c1. The topological polar surface area (TPSA) is 105 Å². The lowest BCUT2D eigenvalue weighted by Crippen LogP contribution is -2.24. The second-order valence-corrected chi connectivity index (χ2v) is 9.51. The average molecular weight is 523 g/mol. The molecule has 3 N–H and O–H groups in total. The molecule has 0 saturated carbocycles. The number of alkyl halides is 3. The number of rotatable bonds is 9. The molecule has 0 spiro atoms. The van der Waals surface area contributed by atoms with E-state index < -0.39 is 40.2 Å². The largest absolute Gasteiger partial charge is 0.492 e. The molecule has 0 aliphatic heterocycles. The molecule has 0 aliphatic carbocycles. The third-order valence-corrected chi connectivity index (χ3v) is 6.72. The zero-order chi connectivity index (χ0) is 26.5. The number of halogens is 3. The van der Waals surface area contributed by atoms with E-state index in [2.05, 4.69) is 10.0 Å². The Morgan fingerprint density at radius 2 is 1.69 bits per heavy atom. The summed E-state index contributed by atoms with van der Waals surface area (Å²) in [6, 6.07) is 15.6. The zero-order valence-electron chi connectivity index (χ0n) is 19.5. The molecule has 36 heavy (non-hydrogen) atoms. The second-order valence-electron chi connectivity index (χ2n) is 7.86. The van der Waals surface area contributed by atoms with E-state index in [9.17, 15) is 31.5 Å². The smallest absolute Gasteiger partial charge is 0.416 e. The van der Waals surface area contributed by atoms with Gasteiger partial charge in [-0.15, -0.1) is 0 Å². The molecule has 1 amide bonds. The molecule has 0 aliphatic rings. The van der Waals surface area contributed by atoms with Gasteiger partial charge in [-0.3, -0.25) is 9.52 Å². The van der Waals surface area contributed by atoms with Crippen LogP contribution >= 0.6 is 0 Å². The Kier molecular flexibility index (Phi) is 8.26. The highest BCUT2D eigenvalue weighted by atomic mass is 32.2. The highest BCUT2D eigenvalue weighted by Crippen LogP contribution is 2.35. The van der Waals surface area contributed by atoms with Crippen LogP contribution in [-0.4, -0.2) is 32.6 Å². The lowest BCUT2D eigenvalue weighted by Gasteiger charge is -2.17. The van der Waals surface area contributed by atoms with Crippen LogP contribution in [0.4, 0.5) is 24.5 Å². The third kappa shape index (κ3) is 6.35. The van der Waals surface area contributed by atoms with E-state index in [0.29, 0.717) is 5.56 Å². The van der Waals surface area contributed by atoms with Crippen molar-refractivity contribution in [2.75, 3.05) is 23.3 Å². The molecule has 192 valence electrons. The Bertz CT molecular complexity index is 1330. The van der Waals surface area contributed by atoms with Crippen LogP contribution in [0.25, 0.3) is 0 Å². The Balaban J connectivity index is 1.88. The molecule has 3 rings (SSSR count). The van der Waals surface area contributed by atoms with Crippen LogP contribution < -0.4 is 14.8 Å². The minimum absolute atomic E-state index is 0.0442. The first-order valence-corrected chi connectivity index (χ1v) is 12.4. The fourth-order valence-corrected chi connectivity index (χ4v) is 4.71. The highest BCUT2D eigenvalue weighted by molar-refractivity contribution is 7.92. The number of hydrogen-bond donors (Lipinski definition) is 3. The minimum Gasteiger partial charge on any atom is -0.492 e. The summed E-state index contributed by atoms with van der Waals surface area (Å²) in [5.74, 6) is -1.47. The molecule has 0 fully saturated rings. The van der Waals surface area contributed by atoms with Crippen molar-refractivity contribution in [2.24, 2.45) is 0 Å². The first-order chi connectivity index (χ1) is 17.0. The van der Waals surface area contributed by atoms with Crippen molar-refractivity contribution in [3.05, 3.63) is 83.4 Å². The number of benzene rings is 3. The zero-order valence-corrected chi connectivity index (χ0v) is 20.3. The highest BCUT2D eigenvalue weighted by Gasteiger charge is 2.33. The predicted octanol–water partition coefficient (Wildman–Crippen LogP) is 4.93. The first kappa shape index (κ1) is 27.0. The normalized spacial score (nSPS) is 12.6. The maximum Gasteiger partial charge on any atom is 0.416 e. The van der Waals surface area contributed by atoms with Gasteiger partial charge >= 0.3 is 6.18 Å². The van der Waals surface area contributed by atoms with Crippen molar-refractivity contribution in [2.45, 2.75) is 30.8 Å². The van der Waals surface area contributed by atoms with Gasteiger partial charge < -0.3 is 15.2 Å². The van der Waals surface area contributed by atoms with Crippen LogP contribution in [0.3, 0.4) is 0 Å². The monoisotopic (exact) mass is 522 g/mol. The Labute approximate surface area is 207 Å². The number of hydrogen-bond acceptors (Lipinski definition) is 5. The van der Waals surface area contributed by atoms with Gasteiger partial charge in [0.1, 0.15) is 10.6 Å². The van der Waals surface area contributed by atoms with E-state index in [1.54, 1.807) is 37.3 Å². The minimum atomic E-state index is -4.64. The number of sulfonamides is 1. The number of carbonyl (C=O) groups is 1. The first-order valence-electron chi connectivity index (χ1n) is 10.9. The summed E-state index contributed by atoms with van der Waals surface area (Å²) < 4.78 is 73.4. The maximum absolute atomic E-state index is 13.2. The van der Waals surface area contributed by atoms with Gasteiger partial charge in [0.05, 0.1) is 24.7 Å². The number of nitrogens with one attached hydrogen (secondary N) is 2. The fourth-order valence-electron chi connectivity index (χ4n) is 3.53. The van der Waals surface area contributed by atoms with Crippen molar-refractivity contribution < 1.29 is 36.2 Å². The Morgan fingerprint density at radius 3 is 2.31 bits per heavy atom. The van der Waals surface area contributed by atoms with E-state index in [-0.39, 0.29) is 34.2 Å². The Hall–Kier alpha value is -3.57. The molecule has 11 heteroatoms. The summed E-state index contributed by atoms with van der Waals surface area (Å²) >= 11 is 0. The number of carbonyl (C=O) groups excluding carboxylic acids is 1. The molecule has 7 nitrogen and oxygen atoms in total. The second kappa shape index (κ2) is 11.0. The molecule has 1 atom stereocenters. The molecular formula is C25H25F3N2O5S. The van der Waals surface area contributed by atoms with Crippen LogP contribution in [0.15, 0.2) is 71.6 Å². The molecule has 3 aromatic carbocycles. The molecule has 0 unspecified atom stereocenters. The van der Waals surface area contributed by atoms with Crippen molar-refractivity contribution >= 4 is 27.3 Å². The standard InChI is InChI=1S/C25H25F3N2O5S/c1-3-35-22-14-18(29-24(32)20(15-31)17-7-5-4-6-8-17)11-12-23(22)36(33,34)30-19-10-9-16(2)21(13-19)25(26,27)28/h4-14,20,30-31H,3,15H2,1-2H3,(H,29,32)/t20-/m0/s1. The van der Waals surface area contributed by atoms with Crippen LogP contribution in [0.2, 0.25) is 0 Å².